The summed E-state index contributed by atoms with van der Waals surface area (Å²) in [5.74, 6) is -0.0859. The first-order valence-electron chi connectivity index (χ1n) is 5.90. The van der Waals surface area contributed by atoms with E-state index >= 15 is 0 Å². The molecule has 0 aliphatic rings. The number of benzene rings is 1. The number of pyridine rings is 1. The second-order valence-electron chi connectivity index (χ2n) is 4.39. The zero-order chi connectivity index (χ0) is 13.4. The van der Waals surface area contributed by atoms with Gasteiger partial charge in [0.15, 0.2) is 0 Å². The van der Waals surface area contributed by atoms with Crippen molar-refractivity contribution in [2.24, 2.45) is 0 Å². The molecule has 0 aliphatic heterocycles. The Kier molecular flexibility index (Phi) is 2.84. The largest absolute Gasteiger partial charge is 0.360 e. The molecule has 1 aromatic carbocycles. The van der Waals surface area contributed by atoms with Gasteiger partial charge in [0.05, 0.1) is 0 Å². The Hall–Kier alpha value is -2.13. The van der Waals surface area contributed by atoms with E-state index in [4.69, 9.17) is 11.6 Å². The first-order valence-corrected chi connectivity index (χ1v) is 6.28. The number of hydrogen-bond donors (Lipinski definition) is 1. The zero-order valence-electron chi connectivity index (χ0n) is 10.3. The molecule has 3 nitrogen and oxygen atoms in total. The molecule has 2 heterocycles. The number of aryl methyl sites for hydroxylation is 1. The van der Waals surface area contributed by atoms with Crippen LogP contribution in [0.3, 0.4) is 0 Å². The Morgan fingerprint density at radius 2 is 2.11 bits per heavy atom. The van der Waals surface area contributed by atoms with Crippen molar-refractivity contribution < 1.29 is 4.79 Å². The Balaban J connectivity index is 2.12. The smallest absolute Gasteiger partial charge is 0.213 e. The van der Waals surface area contributed by atoms with Gasteiger partial charge in [-0.1, -0.05) is 23.7 Å². The zero-order valence-corrected chi connectivity index (χ0v) is 11.0. The molecule has 19 heavy (non-hydrogen) atoms. The third-order valence-corrected chi connectivity index (χ3v) is 3.24. The van der Waals surface area contributed by atoms with E-state index in [0.717, 1.165) is 16.6 Å². The van der Waals surface area contributed by atoms with Gasteiger partial charge in [0.25, 0.3) is 0 Å². The summed E-state index contributed by atoms with van der Waals surface area (Å²) >= 11 is 5.93. The molecule has 0 radical (unpaired) electrons. The molecule has 2 aromatic heterocycles. The van der Waals surface area contributed by atoms with Crippen LogP contribution in [0.2, 0.25) is 5.02 Å². The molecule has 0 aliphatic carbocycles. The molecule has 1 N–H and O–H groups in total. The number of aromatic amines is 1. The summed E-state index contributed by atoms with van der Waals surface area (Å²) in [5, 5.41) is 1.50. The van der Waals surface area contributed by atoms with Crippen molar-refractivity contribution in [3.63, 3.8) is 0 Å². The van der Waals surface area contributed by atoms with Crippen LogP contribution in [0.1, 0.15) is 21.7 Å². The lowest BCUT2D eigenvalue weighted by molar-refractivity contribution is 0.103. The Morgan fingerprint density at radius 3 is 2.89 bits per heavy atom. The molecular weight excluding hydrogens is 260 g/mol. The van der Waals surface area contributed by atoms with Gasteiger partial charge in [0, 0.05) is 33.4 Å². The Bertz CT molecular complexity index is 777. The molecule has 0 atom stereocenters. The SMILES string of the molecule is Cc1cccc(C(=O)c2c[nH]c3cc(Cl)ccc23)n1. The fraction of sp³-hybridized carbons (Fsp3) is 0.0667. The van der Waals surface area contributed by atoms with Crippen molar-refractivity contribution in [2.45, 2.75) is 6.92 Å². The first-order chi connectivity index (χ1) is 9.15. The van der Waals surface area contributed by atoms with E-state index in [1.165, 1.54) is 0 Å². The highest BCUT2D eigenvalue weighted by atomic mass is 35.5. The van der Waals surface area contributed by atoms with Crippen molar-refractivity contribution >= 4 is 28.3 Å². The molecule has 3 aromatic rings. The standard InChI is InChI=1S/C15H11ClN2O/c1-9-3-2-4-13(18-9)15(19)12-8-17-14-7-10(16)5-6-11(12)14/h2-8,17H,1H3. The third kappa shape index (κ3) is 2.13. The van der Waals surface area contributed by atoms with Crippen LogP contribution in [0.4, 0.5) is 0 Å². The Labute approximate surface area is 115 Å². The molecule has 0 saturated heterocycles. The highest BCUT2D eigenvalue weighted by Gasteiger charge is 2.15. The highest BCUT2D eigenvalue weighted by molar-refractivity contribution is 6.31. The second-order valence-corrected chi connectivity index (χ2v) is 4.82. The van der Waals surface area contributed by atoms with Gasteiger partial charge in [-0.2, -0.15) is 0 Å². The van der Waals surface area contributed by atoms with Gasteiger partial charge in [0.2, 0.25) is 5.78 Å². The number of carbonyl (C=O) groups is 1. The lowest BCUT2D eigenvalue weighted by atomic mass is 10.1. The van der Waals surface area contributed by atoms with Crippen LogP contribution < -0.4 is 0 Å². The van der Waals surface area contributed by atoms with Crippen molar-refractivity contribution in [2.75, 3.05) is 0 Å². The van der Waals surface area contributed by atoms with Gasteiger partial charge >= 0.3 is 0 Å². The van der Waals surface area contributed by atoms with Gasteiger partial charge in [-0.25, -0.2) is 4.98 Å². The van der Waals surface area contributed by atoms with Gasteiger partial charge in [-0.3, -0.25) is 4.79 Å². The summed E-state index contributed by atoms with van der Waals surface area (Å²) in [6.07, 6.45) is 1.70. The van der Waals surface area contributed by atoms with Crippen LogP contribution in [-0.4, -0.2) is 15.8 Å². The number of carbonyl (C=O) groups excluding carboxylic acids is 1. The molecular formula is C15H11ClN2O. The predicted octanol–water partition coefficient (Wildman–Crippen LogP) is 3.76. The van der Waals surface area contributed by atoms with E-state index in [9.17, 15) is 4.79 Å². The lowest BCUT2D eigenvalue weighted by Crippen LogP contribution is -2.03. The maximum Gasteiger partial charge on any atom is 0.213 e. The molecule has 0 amide bonds. The number of nitrogens with zero attached hydrogens (tertiary/aromatic N) is 1. The van der Waals surface area contributed by atoms with Crippen LogP contribution in [0.5, 0.6) is 0 Å². The molecule has 3 rings (SSSR count). The third-order valence-electron chi connectivity index (χ3n) is 3.01. The molecule has 0 fully saturated rings. The van der Waals surface area contributed by atoms with E-state index in [1.807, 2.05) is 25.1 Å². The summed E-state index contributed by atoms with van der Waals surface area (Å²) in [7, 11) is 0. The number of aromatic nitrogens is 2. The molecule has 0 spiro atoms. The minimum Gasteiger partial charge on any atom is -0.360 e. The van der Waals surface area contributed by atoms with Crippen LogP contribution >= 0.6 is 11.6 Å². The number of rotatable bonds is 2. The molecule has 0 bridgehead atoms. The average Bonchev–Trinajstić information content (AvgIpc) is 2.80. The summed E-state index contributed by atoms with van der Waals surface area (Å²) in [4.78, 5) is 19.8. The lowest BCUT2D eigenvalue weighted by Gasteiger charge is -2.00. The summed E-state index contributed by atoms with van der Waals surface area (Å²) < 4.78 is 0. The molecule has 0 saturated carbocycles. The quantitative estimate of drug-likeness (QED) is 0.721. The number of H-pyrrole nitrogens is 1. The van der Waals surface area contributed by atoms with Gasteiger partial charge in [-0.05, 0) is 31.2 Å². The maximum atomic E-state index is 12.4. The average molecular weight is 271 g/mol. The summed E-state index contributed by atoms with van der Waals surface area (Å²) in [6, 6.07) is 10.9. The topological polar surface area (TPSA) is 45.8 Å². The van der Waals surface area contributed by atoms with Gasteiger partial charge in [-0.15, -0.1) is 0 Å². The monoisotopic (exact) mass is 270 g/mol. The summed E-state index contributed by atoms with van der Waals surface area (Å²) in [6.45, 7) is 1.87. The van der Waals surface area contributed by atoms with Crippen molar-refractivity contribution in [1.29, 1.82) is 0 Å². The minimum absolute atomic E-state index is 0.0859. The van der Waals surface area contributed by atoms with E-state index in [1.54, 1.807) is 24.4 Å². The van der Waals surface area contributed by atoms with Crippen molar-refractivity contribution in [1.82, 2.24) is 9.97 Å². The highest BCUT2D eigenvalue weighted by Crippen LogP contribution is 2.23. The van der Waals surface area contributed by atoms with Crippen molar-refractivity contribution in [3.05, 3.63) is 64.6 Å². The van der Waals surface area contributed by atoms with Crippen LogP contribution in [0.25, 0.3) is 10.9 Å². The normalized spacial score (nSPS) is 10.8. The fourth-order valence-electron chi connectivity index (χ4n) is 2.09. The number of hydrogen-bond acceptors (Lipinski definition) is 2. The summed E-state index contributed by atoms with van der Waals surface area (Å²) in [5.41, 5.74) is 2.75. The van der Waals surface area contributed by atoms with E-state index in [2.05, 4.69) is 9.97 Å². The van der Waals surface area contributed by atoms with Gasteiger partial charge in [0.1, 0.15) is 5.69 Å². The maximum absolute atomic E-state index is 12.4. The number of nitrogens with one attached hydrogen (secondary N) is 1. The molecule has 94 valence electrons. The number of fused-ring (bicyclic) bond motifs is 1. The van der Waals surface area contributed by atoms with Crippen LogP contribution in [0.15, 0.2) is 42.6 Å². The van der Waals surface area contributed by atoms with Gasteiger partial charge < -0.3 is 4.98 Å². The molecule has 0 unspecified atom stereocenters. The van der Waals surface area contributed by atoms with Crippen LogP contribution in [-0.2, 0) is 0 Å². The Morgan fingerprint density at radius 1 is 1.26 bits per heavy atom. The van der Waals surface area contributed by atoms with Crippen LogP contribution in [0, 0.1) is 6.92 Å². The number of halogens is 1. The fourth-order valence-corrected chi connectivity index (χ4v) is 2.27. The molecule has 4 heteroatoms. The predicted molar refractivity (Wildman–Crippen MR) is 75.7 cm³/mol. The minimum atomic E-state index is -0.0859. The van der Waals surface area contributed by atoms with E-state index in [0.29, 0.717) is 16.3 Å². The van der Waals surface area contributed by atoms with E-state index in [-0.39, 0.29) is 5.78 Å². The number of ketones is 1. The van der Waals surface area contributed by atoms with E-state index < -0.39 is 0 Å². The second kappa shape index (κ2) is 4.52. The first kappa shape index (κ1) is 11.9. The van der Waals surface area contributed by atoms with Crippen molar-refractivity contribution in [3.8, 4) is 0 Å².